The molecule has 0 spiro atoms. The van der Waals surface area contributed by atoms with Gasteiger partial charge in [-0.05, 0) is 36.4 Å². The molecule has 0 amide bonds. The number of halogens is 4. The van der Waals surface area contributed by atoms with Gasteiger partial charge in [-0.3, -0.25) is 0 Å². The van der Waals surface area contributed by atoms with Gasteiger partial charge in [0.15, 0.2) is 0 Å². The van der Waals surface area contributed by atoms with E-state index in [9.17, 15) is 17.6 Å². The van der Waals surface area contributed by atoms with Gasteiger partial charge in [0.05, 0.1) is 22.9 Å². The van der Waals surface area contributed by atoms with Gasteiger partial charge < -0.3 is 5.32 Å². The fraction of sp³-hybridized carbons (Fsp3) is 0.0714. The number of nitriles is 1. The van der Waals surface area contributed by atoms with Crippen LogP contribution in [0.2, 0.25) is 0 Å². The summed E-state index contributed by atoms with van der Waals surface area (Å²) >= 11 is 0. The van der Waals surface area contributed by atoms with Crippen molar-refractivity contribution in [1.29, 1.82) is 5.26 Å². The van der Waals surface area contributed by atoms with Gasteiger partial charge in [-0.2, -0.15) is 18.4 Å². The second-order valence-electron chi connectivity index (χ2n) is 4.01. The highest BCUT2D eigenvalue weighted by Gasteiger charge is 2.30. The average Bonchev–Trinajstić information content (AvgIpc) is 2.40. The van der Waals surface area contributed by atoms with Crippen LogP contribution in [0.3, 0.4) is 0 Å². The first kappa shape index (κ1) is 13.9. The van der Waals surface area contributed by atoms with Crippen molar-refractivity contribution in [2.75, 3.05) is 5.32 Å². The van der Waals surface area contributed by atoms with Gasteiger partial charge >= 0.3 is 6.18 Å². The number of benzene rings is 2. The van der Waals surface area contributed by atoms with Crippen LogP contribution in [0.15, 0.2) is 42.5 Å². The largest absolute Gasteiger partial charge is 0.416 e. The summed E-state index contributed by atoms with van der Waals surface area (Å²) in [6, 6.07) is 9.90. The maximum Gasteiger partial charge on any atom is 0.416 e. The van der Waals surface area contributed by atoms with Crippen molar-refractivity contribution >= 4 is 11.4 Å². The molecule has 0 saturated carbocycles. The van der Waals surface area contributed by atoms with Crippen LogP contribution in [0.4, 0.5) is 28.9 Å². The molecular formula is C14H8F4N2. The molecule has 0 heterocycles. The summed E-state index contributed by atoms with van der Waals surface area (Å²) in [5.41, 5.74) is -0.569. The van der Waals surface area contributed by atoms with Crippen molar-refractivity contribution < 1.29 is 17.6 Å². The number of hydrogen-bond acceptors (Lipinski definition) is 2. The third-order valence-corrected chi connectivity index (χ3v) is 2.57. The zero-order valence-electron chi connectivity index (χ0n) is 10.0. The minimum absolute atomic E-state index is 0.00308. The van der Waals surface area contributed by atoms with Crippen LogP contribution < -0.4 is 5.32 Å². The van der Waals surface area contributed by atoms with E-state index in [-0.39, 0.29) is 16.9 Å². The van der Waals surface area contributed by atoms with E-state index < -0.39 is 17.6 Å². The minimum atomic E-state index is -4.46. The SMILES string of the molecule is N#Cc1ccc(Nc2cccc(C(F)(F)F)c2)c(F)c1. The molecule has 20 heavy (non-hydrogen) atoms. The Balaban J connectivity index is 2.29. The van der Waals surface area contributed by atoms with Crippen molar-refractivity contribution in [2.24, 2.45) is 0 Å². The monoisotopic (exact) mass is 280 g/mol. The van der Waals surface area contributed by atoms with E-state index >= 15 is 0 Å². The maximum absolute atomic E-state index is 13.6. The predicted molar refractivity (Wildman–Crippen MR) is 65.8 cm³/mol. The van der Waals surface area contributed by atoms with Gasteiger partial charge in [-0.25, -0.2) is 4.39 Å². The van der Waals surface area contributed by atoms with Crippen molar-refractivity contribution in [3.63, 3.8) is 0 Å². The van der Waals surface area contributed by atoms with Gasteiger partial charge in [0.25, 0.3) is 0 Å². The molecule has 2 aromatic rings. The van der Waals surface area contributed by atoms with Gasteiger partial charge in [-0.15, -0.1) is 0 Å². The quantitative estimate of drug-likeness (QED) is 0.824. The molecule has 2 rings (SSSR count). The molecule has 6 heteroatoms. The highest BCUT2D eigenvalue weighted by atomic mass is 19.4. The molecule has 0 aliphatic rings. The summed E-state index contributed by atoms with van der Waals surface area (Å²) in [5, 5.41) is 11.2. The Hall–Kier alpha value is -2.55. The second kappa shape index (κ2) is 5.21. The highest BCUT2D eigenvalue weighted by Crippen LogP contribution is 2.31. The summed E-state index contributed by atoms with van der Waals surface area (Å²) in [7, 11) is 0. The summed E-state index contributed by atoms with van der Waals surface area (Å²) in [6.45, 7) is 0. The number of alkyl halides is 3. The average molecular weight is 280 g/mol. The molecule has 0 atom stereocenters. The molecule has 0 fully saturated rings. The van der Waals surface area contributed by atoms with Crippen molar-refractivity contribution in [3.8, 4) is 6.07 Å². The van der Waals surface area contributed by atoms with E-state index in [1.54, 1.807) is 6.07 Å². The predicted octanol–water partition coefficient (Wildman–Crippen LogP) is 4.46. The fourth-order valence-electron chi connectivity index (χ4n) is 1.61. The smallest absolute Gasteiger partial charge is 0.353 e. The van der Waals surface area contributed by atoms with E-state index in [1.165, 1.54) is 24.3 Å². The zero-order valence-corrected chi connectivity index (χ0v) is 10.0. The van der Waals surface area contributed by atoms with Gasteiger partial charge in [0.2, 0.25) is 0 Å². The Kier molecular flexibility index (Phi) is 3.61. The first-order chi connectivity index (χ1) is 9.40. The van der Waals surface area contributed by atoms with Crippen LogP contribution in [0.1, 0.15) is 11.1 Å². The Morgan fingerprint density at radius 2 is 1.80 bits per heavy atom. The van der Waals surface area contributed by atoms with Gasteiger partial charge in [0, 0.05) is 5.69 Å². The molecule has 1 N–H and O–H groups in total. The lowest BCUT2D eigenvalue weighted by Gasteiger charge is -2.11. The maximum atomic E-state index is 13.6. The molecule has 2 aromatic carbocycles. The number of nitrogens with zero attached hydrogens (tertiary/aromatic N) is 1. The number of nitrogens with one attached hydrogen (secondary N) is 1. The summed E-state index contributed by atoms with van der Waals surface area (Å²) in [4.78, 5) is 0. The molecule has 0 aromatic heterocycles. The molecule has 0 saturated heterocycles. The van der Waals surface area contributed by atoms with Crippen LogP contribution in [0.5, 0.6) is 0 Å². The Morgan fingerprint density at radius 3 is 2.40 bits per heavy atom. The third-order valence-electron chi connectivity index (χ3n) is 2.57. The van der Waals surface area contributed by atoms with Crippen LogP contribution in [-0.2, 0) is 6.18 Å². The molecule has 0 unspecified atom stereocenters. The molecule has 102 valence electrons. The first-order valence-corrected chi connectivity index (χ1v) is 5.54. The Bertz CT molecular complexity index is 672. The normalized spacial score (nSPS) is 10.9. The molecule has 0 aliphatic carbocycles. The lowest BCUT2D eigenvalue weighted by molar-refractivity contribution is -0.137. The van der Waals surface area contributed by atoms with Crippen LogP contribution in [-0.4, -0.2) is 0 Å². The molecule has 0 aliphatic heterocycles. The number of anilines is 2. The fourth-order valence-corrected chi connectivity index (χ4v) is 1.61. The Labute approximate surface area is 112 Å². The van der Waals surface area contributed by atoms with Crippen molar-refractivity contribution in [2.45, 2.75) is 6.18 Å². The lowest BCUT2D eigenvalue weighted by atomic mass is 10.1. The summed E-state index contributed by atoms with van der Waals surface area (Å²) < 4.78 is 51.3. The third kappa shape index (κ3) is 3.06. The van der Waals surface area contributed by atoms with Gasteiger partial charge in [-0.1, -0.05) is 6.07 Å². The van der Waals surface area contributed by atoms with Crippen molar-refractivity contribution in [1.82, 2.24) is 0 Å². The van der Waals surface area contributed by atoms with E-state index in [2.05, 4.69) is 5.32 Å². The van der Waals surface area contributed by atoms with E-state index in [1.807, 2.05) is 0 Å². The number of rotatable bonds is 2. The summed E-state index contributed by atoms with van der Waals surface area (Å²) in [6.07, 6.45) is -4.46. The van der Waals surface area contributed by atoms with Crippen molar-refractivity contribution in [3.05, 3.63) is 59.4 Å². The second-order valence-corrected chi connectivity index (χ2v) is 4.01. The topological polar surface area (TPSA) is 35.8 Å². The van der Waals surface area contributed by atoms with Gasteiger partial charge in [0.1, 0.15) is 5.82 Å². The molecular weight excluding hydrogens is 272 g/mol. The number of hydrogen-bond donors (Lipinski definition) is 1. The lowest BCUT2D eigenvalue weighted by Crippen LogP contribution is -2.05. The van der Waals surface area contributed by atoms with E-state index in [4.69, 9.17) is 5.26 Å². The minimum Gasteiger partial charge on any atom is -0.353 e. The zero-order chi connectivity index (χ0) is 14.8. The first-order valence-electron chi connectivity index (χ1n) is 5.54. The Morgan fingerprint density at radius 1 is 1.05 bits per heavy atom. The highest BCUT2D eigenvalue weighted by molar-refractivity contribution is 5.62. The van der Waals surface area contributed by atoms with E-state index in [0.717, 1.165) is 18.2 Å². The molecule has 0 radical (unpaired) electrons. The van der Waals surface area contributed by atoms with Crippen LogP contribution in [0, 0.1) is 17.1 Å². The van der Waals surface area contributed by atoms with Crippen LogP contribution >= 0.6 is 0 Å². The molecule has 2 nitrogen and oxygen atoms in total. The molecule has 0 bridgehead atoms. The summed E-state index contributed by atoms with van der Waals surface area (Å²) in [5.74, 6) is -0.707. The van der Waals surface area contributed by atoms with Crippen LogP contribution in [0.25, 0.3) is 0 Å². The standard InChI is InChI=1S/C14H8F4N2/c15-12-6-9(8-19)4-5-13(12)20-11-3-1-2-10(7-11)14(16,17)18/h1-7,20H. The van der Waals surface area contributed by atoms with E-state index in [0.29, 0.717) is 0 Å².